The zero-order valence-corrected chi connectivity index (χ0v) is 14.5. The molecule has 0 spiro atoms. The van der Waals surface area contributed by atoms with Gasteiger partial charge >= 0.3 is 0 Å². The molecule has 0 bridgehead atoms. The predicted molar refractivity (Wildman–Crippen MR) is 100 cm³/mol. The van der Waals surface area contributed by atoms with Crippen LogP contribution in [0.3, 0.4) is 0 Å². The number of nitrogens with one attached hydrogen (secondary N) is 1. The van der Waals surface area contributed by atoms with Gasteiger partial charge in [0.2, 0.25) is 0 Å². The molecule has 0 unspecified atom stereocenters. The number of aromatic nitrogens is 3. The molecule has 1 saturated heterocycles. The summed E-state index contributed by atoms with van der Waals surface area (Å²) in [7, 11) is 1.71. The van der Waals surface area contributed by atoms with Crippen LogP contribution in [0.25, 0.3) is 16.9 Å². The molecule has 3 heterocycles. The molecule has 1 N–H and O–H groups in total. The number of nitrogens with zero attached hydrogens (tertiary/aromatic N) is 4. The molecule has 0 aliphatic carbocycles. The Labute approximate surface area is 147 Å². The standard InChI is InChI=1S/C19H23N5O/c1-25-13-9-21-19-18(22-17-14-20-8-12-24(17)19)15-4-6-16(7-5-15)23-10-2-3-11-23/h4-8,12,14,21H,2-3,9-11,13H2,1H3. The second kappa shape index (κ2) is 7.11. The van der Waals surface area contributed by atoms with Crippen LogP contribution in [-0.2, 0) is 4.74 Å². The van der Waals surface area contributed by atoms with Gasteiger partial charge in [0.15, 0.2) is 5.65 Å². The van der Waals surface area contributed by atoms with E-state index in [1.165, 1.54) is 18.5 Å². The van der Waals surface area contributed by atoms with Gasteiger partial charge in [0.25, 0.3) is 0 Å². The largest absolute Gasteiger partial charge is 0.383 e. The first-order chi connectivity index (χ1) is 12.4. The predicted octanol–water partition coefficient (Wildman–Crippen LogP) is 3.05. The highest BCUT2D eigenvalue weighted by Gasteiger charge is 2.16. The van der Waals surface area contributed by atoms with Crippen LogP contribution in [-0.4, -0.2) is 47.7 Å². The summed E-state index contributed by atoms with van der Waals surface area (Å²) in [5.74, 6) is 0.975. The summed E-state index contributed by atoms with van der Waals surface area (Å²) in [6, 6.07) is 8.71. The van der Waals surface area contributed by atoms with E-state index in [2.05, 4.69) is 39.5 Å². The third-order valence-electron chi connectivity index (χ3n) is 4.64. The van der Waals surface area contributed by atoms with Gasteiger partial charge in [-0.2, -0.15) is 0 Å². The van der Waals surface area contributed by atoms with Gasteiger partial charge < -0.3 is 15.0 Å². The second-order valence-electron chi connectivity index (χ2n) is 6.27. The third-order valence-corrected chi connectivity index (χ3v) is 4.64. The molecule has 0 amide bonds. The Bertz CT molecular complexity index is 837. The summed E-state index contributed by atoms with van der Waals surface area (Å²) < 4.78 is 7.19. The highest BCUT2D eigenvalue weighted by atomic mass is 16.5. The SMILES string of the molecule is COCCNc1c(-c2ccc(N3CCCC3)cc2)nc2cnccn12. The number of imidazole rings is 1. The van der Waals surface area contributed by atoms with Gasteiger partial charge in [0.05, 0.1) is 12.8 Å². The van der Waals surface area contributed by atoms with Gasteiger partial charge in [-0.1, -0.05) is 12.1 Å². The number of benzene rings is 1. The topological polar surface area (TPSA) is 54.7 Å². The number of ether oxygens (including phenoxy) is 1. The van der Waals surface area contributed by atoms with E-state index in [4.69, 9.17) is 9.72 Å². The summed E-state index contributed by atoms with van der Waals surface area (Å²) in [6.07, 6.45) is 8.06. The molecule has 0 atom stereocenters. The van der Waals surface area contributed by atoms with Crippen molar-refractivity contribution in [2.75, 3.05) is 43.6 Å². The summed E-state index contributed by atoms with van der Waals surface area (Å²) in [5, 5.41) is 3.44. The molecule has 1 fully saturated rings. The van der Waals surface area contributed by atoms with Crippen molar-refractivity contribution >= 4 is 17.2 Å². The summed E-state index contributed by atoms with van der Waals surface area (Å²) >= 11 is 0. The van der Waals surface area contributed by atoms with Crippen molar-refractivity contribution in [1.82, 2.24) is 14.4 Å². The van der Waals surface area contributed by atoms with E-state index < -0.39 is 0 Å². The molecule has 6 nitrogen and oxygen atoms in total. The van der Waals surface area contributed by atoms with Gasteiger partial charge in [0, 0.05) is 50.4 Å². The molecule has 2 aromatic heterocycles. The summed E-state index contributed by atoms with van der Waals surface area (Å²) in [6.45, 7) is 3.68. The van der Waals surface area contributed by atoms with Crippen LogP contribution in [0.2, 0.25) is 0 Å². The minimum Gasteiger partial charge on any atom is -0.383 e. The highest BCUT2D eigenvalue weighted by molar-refractivity contribution is 5.77. The van der Waals surface area contributed by atoms with E-state index in [9.17, 15) is 0 Å². The van der Waals surface area contributed by atoms with Crippen LogP contribution in [0.5, 0.6) is 0 Å². The number of hydrogen-bond donors (Lipinski definition) is 1. The fraction of sp³-hybridized carbons (Fsp3) is 0.368. The molecule has 0 saturated carbocycles. The van der Waals surface area contributed by atoms with Crippen molar-refractivity contribution in [3.05, 3.63) is 42.9 Å². The van der Waals surface area contributed by atoms with Crippen LogP contribution in [0.4, 0.5) is 11.5 Å². The van der Waals surface area contributed by atoms with E-state index >= 15 is 0 Å². The Morgan fingerprint density at radius 2 is 1.96 bits per heavy atom. The zero-order chi connectivity index (χ0) is 17.1. The summed E-state index contributed by atoms with van der Waals surface area (Å²) in [5.41, 5.74) is 4.17. The van der Waals surface area contributed by atoms with Gasteiger partial charge in [-0.3, -0.25) is 9.38 Å². The van der Waals surface area contributed by atoms with E-state index in [1.54, 1.807) is 19.5 Å². The molecule has 1 aliphatic rings. The maximum atomic E-state index is 5.16. The lowest BCUT2D eigenvalue weighted by Gasteiger charge is -2.17. The fourth-order valence-electron chi connectivity index (χ4n) is 3.35. The van der Waals surface area contributed by atoms with Crippen LogP contribution in [0, 0.1) is 0 Å². The number of hydrogen-bond acceptors (Lipinski definition) is 5. The Morgan fingerprint density at radius 1 is 1.16 bits per heavy atom. The lowest BCUT2D eigenvalue weighted by molar-refractivity contribution is 0.210. The molecule has 130 valence electrons. The average Bonchev–Trinajstić information content (AvgIpc) is 3.30. The molecule has 0 radical (unpaired) electrons. The van der Waals surface area contributed by atoms with Gasteiger partial charge in [-0.25, -0.2) is 4.98 Å². The molecule has 4 rings (SSSR count). The number of anilines is 2. The highest BCUT2D eigenvalue weighted by Crippen LogP contribution is 2.30. The van der Waals surface area contributed by atoms with Crippen molar-refractivity contribution in [3.8, 4) is 11.3 Å². The average molecular weight is 337 g/mol. The molecule has 1 aliphatic heterocycles. The van der Waals surface area contributed by atoms with Crippen molar-refractivity contribution in [2.24, 2.45) is 0 Å². The number of methoxy groups -OCH3 is 1. The monoisotopic (exact) mass is 337 g/mol. The first-order valence-corrected chi connectivity index (χ1v) is 8.77. The quantitative estimate of drug-likeness (QED) is 0.701. The molecular weight excluding hydrogens is 314 g/mol. The lowest BCUT2D eigenvalue weighted by atomic mass is 10.1. The molecule has 3 aromatic rings. The first kappa shape index (κ1) is 15.9. The maximum absolute atomic E-state index is 5.16. The Morgan fingerprint density at radius 3 is 2.72 bits per heavy atom. The number of fused-ring (bicyclic) bond motifs is 1. The van der Waals surface area contributed by atoms with Gasteiger partial charge in [-0.15, -0.1) is 0 Å². The lowest BCUT2D eigenvalue weighted by Crippen LogP contribution is -2.17. The Balaban J connectivity index is 1.68. The van der Waals surface area contributed by atoms with E-state index in [-0.39, 0.29) is 0 Å². The van der Waals surface area contributed by atoms with Crippen molar-refractivity contribution in [2.45, 2.75) is 12.8 Å². The molecule has 6 heteroatoms. The minimum absolute atomic E-state index is 0.644. The first-order valence-electron chi connectivity index (χ1n) is 8.77. The van der Waals surface area contributed by atoms with E-state index in [0.717, 1.165) is 42.4 Å². The van der Waals surface area contributed by atoms with Crippen LogP contribution < -0.4 is 10.2 Å². The van der Waals surface area contributed by atoms with Crippen molar-refractivity contribution < 1.29 is 4.74 Å². The Kier molecular flexibility index (Phi) is 4.52. The molecular formula is C19H23N5O. The van der Waals surface area contributed by atoms with Crippen LogP contribution >= 0.6 is 0 Å². The fourth-order valence-corrected chi connectivity index (χ4v) is 3.35. The van der Waals surface area contributed by atoms with E-state index in [0.29, 0.717) is 6.61 Å². The Hall–Kier alpha value is -2.60. The third kappa shape index (κ3) is 3.17. The van der Waals surface area contributed by atoms with Crippen LogP contribution in [0.15, 0.2) is 42.9 Å². The molecule has 1 aromatic carbocycles. The van der Waals surface area contributed by atoms with Gasteiger partial charge in [0.1, 0.15) is 11.5 Å². The van der Waals surface area contributed by atoms with Gasteiger partial charge in [-0.05, 0) is 25.0 Å². The normalized spacial score (nSPS) is 14.4. The van der Waals surface area contributed by atoms with Crippen molar-refractivity contribution in [1.29, 1.82) is 0 Å². The van der Waals surface area contributed by atoms with Crippen LogP contribution in [0.1, 0.15) is 12.8 Å². The second-order valence-corrected chi connectivity index (χ2v) is 6.27. The number of rotatable bonds is 6. The molecule has 25 heavy (non-hydrogen) atoms. The maximum Gasteiger partial charge on any atom is 0.157 e. The smallest absolute Gasteiger partial charge is 0.157 e. The zero-order valence-electron chi connectivity index (χ0n) is 14.5. The summed E-state index contributed by atoms with van der Waals surface area (Å²) in [4.78, 5) is 11.4. The minimum atomic E-state index is 0.644. The van der Waals surface area contributed by atoms with Crippen molar-refractivity contribution in [3.63, 3.8) is 0 Å². The van der Waals surface area contributed by atoms with E-state index in [1.807, 2.05) is 10.6 Å².